The molecule has 1 aromatic heterocycles. The summed E-state index contributed by atoms with van der Waals surface area (Å²) in [7, 11) is 0. The van der Waals surface area contributed by atoms with Crippen molar-refractivity contribution in [1.82, 2.24) is 14.7 Å². The number of hydrogen-bond acceptors (Lipinski definition) is 4. The van der Waals surface area contributed by atoms with E-state index in [1.807, 2.05) is 60.4 Å². The van der Waals surface area contributed by atoms with E-state index in [1.54, 1.807) is 4.90 Å². The van der Waals surface area contributed by atoms with Crippen LogP contribution < -0.4 is 0 Å². The zero-order valence-corrected chi connectivity index (χ0v) is 20.4. The second-order valence-electron chi connectivity index (χ2n) is 9.57. The lowest BCUT2D eigenvalue weighted by molar-refractivity contribution is -0.173. The van der Waals surface area contributed by atoms with Gasteiger partial charge in [0.2, 0.25) is 11.8 Å². The van der Waals surface area contributed by atoms with Crippen molar-refractivity contribution in [2.75, 3.05) is 19.6 Å². The lowest BCUT2D eigenvalue weighted by Gasteiger charge is -2.52. The Balaban J connectivity index is 1.40. The number of hydrogen-bond donors (Lipinski definition) is 0. The summed E-state index contributed by atoms with van der Waals surface area (Å²) in [4.78, 5) is 34.5. The molecular formula is C27H31N3O2S. The summed E-state index contributed by atoms with van der Waals surface area (Å²) in [5.41, 5.74) is 1.58. The predicted octanol–water partition coefficient (Wildman–Crippen LogP) is 4.30. The first kappa shape index (κ1) is 22.1. The van der Waals surface area contributed by atoms with Crippen LogP contribution in [0.5, 0.6) is 0 Å². The maximum Gasteiger partial charge on any atom is 0.248 e. The van der Waals surface area contributed by atoms with Gasteiger partial charge in [-0.3, -0.25) is 14.5 Å². The molecule has 2 amide bonds. The number of thiophene rings is 1. The average Bonchev–Trinajstić information content (AvgIpc) is 3.19. The van der Waals surface area contributed by atoms with Crippen molar-refractivity contribution in [3.63, 3.8) is 0 Å². The molecule has 5 rings (SSSR count). The van der Waals surface area contributed by atoms with Gasteiger partial charge in [-0.15, -0.1) is 11.3 Å². The van der Waals surface area contributed by atoms with Crippen molar-refractivity contribution in [2.24, 2.45) is 0 Å². The number of carbonyl (C=O) groups is 2. The first-order valence-corrected chi connectivity index (χ1v) is 12.6. The summed E-state index contributed by atoms with van der Waals surface area (Å²) in [5.74, 6) is 0.108. The molecule has 3 heterocycles. The molecule has 0 aliphatic carbocycles. The molecule has 2 aliphatic heterocycles. The van der Waals surface area contributed by atoms with Crippen LogP contribution in [-0.4, -0.2) is 57.7 Å². The molecule has 0 saturated carbocycles. The van der Waals surface area contributed by atoms with Crippen LogP contribution in [0.25, 0.3) is 10.1 Å². The number of fused-ring (bicyclic) bond motifs is 2. The van der Waals surface area contributed by atoms with E-state index >= 15 is 0 Å². The lowest BCUT2D eigenvalue weighted by atomic mass is 9.91. The molecule has 1 atom stereocenters. The van der Waals surface area contributed by atoms with E-state index in [1.165, 1.54) is 20.5 Å². The molecule has 3 aromatic rings. The fourth-order valence-electron chi connectivity index (χ4n) is 5.23. The summed E-state index contributed by atoms with van der Waals surface area (Å²) in [5, 5.41) is 1.32. The molecule has 6 heteroatoms. The Kier molecular flexibility index (Phi) is 5.75. The van der Waals surface area contributed by atoms with Crippen LogP contribution in [0.4, 0.5) is 0 Å². The van der Waals surface area contributed by atoms with Gasteiger partial charge in [0.15, 0.2) is 0 Å². The zero-order valence-electron chi connectivity index (χ0n) is 19.6. The summed E-state index contributed by atoms with van der Waals surface area (Å²) >= 11 is 1.87. The highest BCUT2D eigenvalue weighted by atomic mass is 32.1. The number of amides is 2. The van der Waals surface area contributed by atoms with E-state index in [-0.39, 0.29) is 11.8 Å². The van der Waals surface area contributed by atoms with Gasteiger partial charge in [-0.25, -0.2) is 0 Å². The average molecular weight is 462 g/mol. The number of carbonyl (C=O) groups excluding carboxylic acids is 2. The van der Waals surface area contributed by atoms with Crippen molar-refractivity contribution < 1.29 is 9.59 Å². The third-order valence-corrected chi connectivity index (χ3v) is 8.50. The Bertz CT molecular complexity index is 1190. The Morgan fingerprint density at radius 2 is 1.70 bits per heavy atom. The maximum atomic E-state index is 13.7. The van der Waals surface area contributed by atoms with E-state index < -0.39 is 11.6 Å². The first-order valence-electron chi connectivity index (χ1n) is 11.8. The minimum Gasteiger partial charge on any atom is -0.326 e. The molecular weight excluding hydrogens is 430 g/mol. The molecule has 1 unspecified atom stereocenters. The molecule has 0 bridgehead atoms. The highest BCUT2D eigenvalue weighted by Crippen LogP contribution is 2.35. The van der Waals surface area contributed by atoms with Crippen LogP contribution in [0, 0.1) is 0 Å². The highest BCUT2D eigenvalue weighted by Gasteiger charge is 2.52. The van der Waals surface area contributed by atoms with Gasteiger partial charge < -0.3 is 9.80 Å². The number of benzene rings is 2. The van der Waals surface area contributed by atoms with Gasteiger partial charge in [0.05, 0.1) is 0 Å². The smallest absolute Gasteiger partial charge is 0.248 e. The van der Waals surface area contributed by atoms with Gasteiger partial charge in [0.1, 0.15) is 11.6 Å². The Hall–Kier alpha value is -2.70. The monoisotopic (exact) mass is 461 g/mol. The summed E-state index contributed by atoms with van der Waals surface area (Å²) in [6, 6.07) is 18.1. The van der Waals surface area contributed by atoms with Crippen molar-refractivity contribution in [1.29, 1.82) is 0 Å². The molecule has 2 aliphatic rings. The van der Waals surface area contributed by atoms with E-state index in [4.69, 9.17) is 0 Å². The minimum absolute atomic E-state index is 0.0536. The molecule has 2 fully saturated rings. The number of aryl methyl sites for hydroxylation is 1. The molecule has 2 aromatic carbocycles. The second-order valence-corrected chi connectivity index (χ2v) is 10.7. The topological polar surface area (TPSA) is 43.9 Å². The summed E-state index contributed by atoms with van der Waals surface area (Å²) in [6.45, 7) is 9.21. The van der Waals surface area contributed by atoms with Crippen LogP contribution in [0.15, 0.2) is 54.6 Å². The van der Waals surface area contributed by atoms with Gasteiger partial charge in [-0.2, -0.15) is 0 Å². The molecule has 172 valence electrons. The lowest BCUT2D eigenvalue weighted by Crippen LogP contribution is -2.73. The van der Waals surface area contributed by atoms with Crippen LogP contribution in [0.3, 0.4) is 0 Å². The SMILES string of the molecule is CCc1sc2ccccc2c1CN1CCN2C(=O)C(C)(C)N(Cc3ccccc3)C(=O)C2C1. The fraction of sp³-hybridized carbons (Fsp3) is 0.407. The van der Waals surface area contributed by atoms with Gasteiger partial charge >= 0.3 is 0 Å². The van der Waals surface area contributed by atoms with Crippen LogP contribution >= 0.6 is 11.3 Å². The Morgan fingerprint density at radius 3 is 2.45 bits per heavy atom. The Morgan fingerprint density at radius 1 is 0.970 bits per heavy atom. The van der Waals surface area contributed by atoms with Crippen LogP contribution in [0.2, 0.25) is 0 Å². The number of piperazine rings is 2. The van der Waals surface area contributed by atoms with Crippen LogP contribution in [0.1, 0.15) is 36.8 Å². The quantitative estimate of drug-likeness (QED) is 0.569. The maximum absolute atomic E-state index is 13.7. The molecule has 33 heavy (non-hydrogen) atoms. The van der Waals surface area contributed by atoms with E-state index in [0.29, 0.717) is 19.6 Å². The van der Waals surface area contributed by atoms with E-state index in [0.717, 1.165) is 25.1 Å². The van der Waals surface area contributed by atoms with Crippen molar-refractivity contribution in [2.45, 2.75) is 51.9 Å². The normalized spacial score (nSPS) is 21.0. The third-order valence-electron chi connectivity index (χ3n) is 7.14. The van der Waals surface area contributed by atoms with Gasteiger partial charge in [-0.1, -0.05) is 55.5 Å². The van der Waals surface area contributed by atoms with Crippen LogP contribution in [-0.2, 0) is 29.1 Å². The standard InChI is InChI=1S/C27H31N3O2S/c1-4-23-21(20-12-8-9-13-24(20)33-23)17-28-14-15-29-22(18-28)25(31)30(27(2,3)26(29)32)16-19-10-6-5-7-11-19/h5-13,22H,4,14-18H2,1-3H3. The minimum atomic E-state index is -0.843. The first-order chi connectivity index (χ1) is 15.9. The molecule has 2 saturated heterocycles. The Labute approximate surface area is 199 Å². The van der Waals surface area contributed by atoms with Gasteiger partial charge in [0.25, 0.3) is 0 Å². The van der Waals surface area contributed by atoms with E-state index in [9.17, 15) is 9.59 Å². The van der Waals surface area contributed by atoms with Crippen molar-refractivity contribution in [3.8, 4) is 0 Å². The van der Waals surface area contributed by atoms with Crippen molar-refractivity contribution in [3.05, 3.63) is 70.6 Å². The second kappa shape index (κ2) is 8.58. The fourth-order valence-corrected chi connectivity index (χ4v) is 6.39. The summed E-state index contributed by atoms with van der Waals surface area (Å²) in [6.07, 6.45) is 1.01. The summed E-state index contributed by atoms with van der Waals surface area (Å²) < 4.78 is 1.32. The number of nitrogens with zero attached hydrogens (tertiary/aromatic N) is 3. The highest BCUT2D eigenvalue weighted by molar-refractivity contribution is 7.19. The van der Waals surface area contributed by atoms with Crippen molar-refractivity contribution >= 4 is 33.2 Å². The van der Waals surface area contributed by atoms with E-state index in [2.05, 4.69) is 36.1 Å². The largest absolute Gasteiger partial charge is 0.326 e. The molecule has 5 nitrogen and oxygen atoms in total. The zero-order chi connectivity index (χ0) is 23.2. The number of rotatable bonds is 5. The molecule has 0 spiro atoms. The predicted molar refractivity (Wildman–Crippen MR) is 133 cm³/mol. The van der Waals surface area contributed by atoms with Gasteiger partial charge in [-0.05, 0) is 42.8 Å². The molecule has 0 radical (unpaired) electrons. The van der Waals surface area contributed by atoms with Gasteiger partial charge in [0, 0.05) is 42.3 Å². The third kappa shape index (κ3) is 3.85. The molecule has 0 N–H and O–H groups in total.